The van der Waals surface area contributed by atoms with Gasteiger partial charge >= 0.3 is 5.97 Å². The minimum absolute atomic E-state index is 0.174. The number of benzene rings is 1. The highest BCUT2D eigenvalue weighted by Crippen LogP contribution is 2.25. The molecule has 0 radical (unpaired) electrons. The van der Waals surface area contributed by atoms with E-state index in [1.165, 1.54) is 18.3 Å². The number of aliphatic carboxylic acids is 1. The Morgan fingerprint density at radius 2 is 1.93 bits per heavy atom. The van der Waals surface area contributed by atoms with Crippen LogP contribution in [0.5, 0.6) is 0 Å². The second-order valence-electron chi connectivity index (χ2n) is 10.1. The number of carboxylic acid groups (broad SMARTS) is 1. The summed E-state index contributed by atoms with van der Waals surface area (Å²) in [4.78, 5) is 11.5. The van der Waals surface area contributed by atoms with Crippen molar-refractivity contribution in [3.8, 4) is 0 Å². The third-order valence-electron chi connectivity index (χ3n) is 7.14. The molecule has 3 rings (SSSR count). The Hall–Kier alpha value is -4.24. The van der Waals surface area contributed by atoms with Crippen LogP contribution in [0.2, 0.25) is 0 Å². The standard InChI is InChI=1S/C32H38F2N4O3/c1-20-8-6-9-26(32(40)41)10-7-11-30(39)31(20)37-23(4)29(38-24(5)27(17-33)19-36-38)16-21(2)22(3)35-18-25-12-14-28(34)15-13-25/h6,8,10,12-16,19-20,30-31,35,37,39H,2-4,7,9,11,17-18H2,1,5H3,(H,40,41)/b8-6-,26-10+,29-16-/t20?,30-,31?/m1/s1. The highest BCUT2D eigenvalue weighted by molar-refractivity contribution is 5.86. The fourth-order valence-corrected chi connectivity index (χ4v) is 4.52. The molecule has 218 valence electrons. The Bertz CT molecular complexity index is 1370. The van der Waals surface area contributed by atoms with E-state index in [4.69, 9.17) is 0 Å². The van der Waals surface area contributed by atoms with Gasteiger partial charge < -0.3 is 20.8 Å². The van der Waals surface area contributed by atoms with Gasteiger partial charge in [0.05, 0.1) is 29.7 Å². The van der Waals surface area contributed by atoms with E-state index in [0.29, 0.717) is 65.3 Å². The lowest BCUT2D eigenvalue weighted by Gasteiger charge is -2.31. The number of aliphatic hydroxyl groups excluding tert-OH is 1. The van der Waals surface area contributed by atoms with E-state index >= 15 is 0 Å². The van der Waals surface area contributed by atoms with Crippen molar-refractivity contribution in [1.82, 2.24) is 20.4 Å². The first-order valence-electron chi connectivity index (χ1n) is 13.4. The maximum atomic E-state index is 13.6. The van der Waals surface area contributed by atoms with Crippen molar-refractivity contribution >= 4 is 11.7 Å². The van der Waals surface area contributed by atoms with Crippen molar-refractivity contribution < 1.29 is 23.8 Å². The van der Waals surface area contributed by atoms with E-state index in [0.717, 1.165) is 5.56 Å². The van der Waals surface area contributed by atoms with E-state index in [9.17, 15) is 23.8 Å². The fourth-order valence-electron chi connectivity index (χ4n) is 4.52. The Balaban J connectivity index is 1.85. The average Bonchev–Trinajstić information content (AvgIpc) is 3.31. The van der Waals surface area contributed by atoms with Crippen LogP contribution >= 0.6 is 0 Å². The number of nitrogens with zero attached hydrogens (tertiary/aromatic N) is 2. The summed E-state index contributed by atoms with van der Waals surface area (Å²) in [5.41, 5.74) is 4.14. The summed E-state index contributed by atoms with van der Waals surface area (Å²) in [6, 6.07) is 5.67. The van der Waals surface area contributed by atoms with Gasteiger partial charge in [-0.2, -0.15) is 5.10 Å². The molecule has 1 aliphatic carbocycles. The van der Waals surface area contributed by atoms with Crippen molar-refractivity contribution in [1.29, 1.82) is 0 Å². The molecule has 4 N–H and O–H groups in total. The summed E-state index contributed by atoms with van der Waals surface area (Å²) in [5, 5.41) is 31.4. The van der Waals surface area contributed by atoms with E-state index < -0.39 is 24.8 Å². The van der Waals surface area contributed by atoms with Crippen LogP contribution in [0.4, 0.5) is 8.78 Å². The van der Waals surface area contributed by atoms with Gasteiger partial charge in [-0.25, -0.2) is 18.3 Å². The quantitative estimate of drug-likeness (QED) is 0.206. The van der Waals surface area contributed by atoms with Crippen LogP contribution in [0.15, 0.2) is 97.0 Å². The Morgan fingerprint density at radius 1 is 1.22 bits per heavy atom. The SMILES string of the molecule is C=C(/C=C(/C(=C)NC1C(C)/C=C\C/C(C(=O)O)=C\CC[C@H]1O)n1ncc(CF)c1C)C(=C)NCc1ccc(F)cc1. The molecule has 1 aliphatic rings. The van der Waals surface area contributed by atoms with Gasteiger partial charge in [-0.15, -0.1) is 0 Å². The number of allylic oxidation sites excluding steroid dienone is 4. The lowest BCUT2D eigenvalue weighted by molar-refractivity contribution is -0.132. The zero-order valence-corrected chi connectivity index (χ0v) is 23.5. The largest absolute Gasteiger partial charge is 0.478 e. The lowest BCUT2D eigenvalue weighted by atomic mass is 9.91. The predicted octanol–water partition coefficient (Wildman–Crippen LogP) is 5.72. The van der Waals surface area contributed by atoms with E-state index in [1.807, 2.05) is 13.0 Å². The topological polar surface area (TPSA) is 99.4 Å². The fraction of sp³-hybridized carbons (Fsp3) is 0.312. The molecule has 0 aliphatic heterocycles. The summed E-state index contributed by atoms with van der Waals surface area (Å²) in [6.07, 6.45) is 8.73. The zero-order valence-electron chi connectivity index (χ0n) is 23.5. The van der Waals surface area contributed by atoms with Crippen LogP contribution in [0.1, 0.15) is 43.0 Å². The van der Waals surface area contributed by atoms with Crippen LogP contribution in [-0.4, -0.2) is 38.1 Å². The van der Waals surface area contributed by atoms with Crippen LogP contribution in [0.25, 0.3) is 5.70 Å². The Kier molecular flexibility index (Phi) is 11.0. The summed E-state index contributed by atoms with van der Waals surface area (Å²) >= 11 is 0. The number of aromatic nitrogens is 2. The van der Waals surface area contributed by atoms with Crippen molar-refractivity contribution in [3.05, 3.63) is 120 Å². The molecule has 3 atom stereocenters. The molecular weight excluding hydrogens is 526 g/mol. The van der Waals surface area contributed by atoms with E-state index in [-0.39, 0.29) is 11.7 Å². The summed E-state index contributed by atoms with van der Waals surface area (Å²) in [6.45, 7) is 15.8. The van der Waals surface area contributed by atoms with Crippen molar-refractivity contribution in [2.75, 3.05) is 0 Å². The molecule has 1 aromatic carbocycles. The molecular formula is C32H38F2N4O3. The van der Waals surface area contributed by atoms with Crippen molar-refractivity contribution in [3.63, 3.8) is 0 Å². The molecule has 0 saturated heterocycles. The van der Waals surface area contributed by atoms with Gasteiger partial charge in [-0.05, 0) is 61.4 Å². The number of halogens is 2. The molecule has 7 nitrogen and oxygen atoms in total. The van der Waals surface area contributed by atoms with Crippen LogP contribution in [-0.2, 0) is 18.0 Å². The normalized spacial score (nSPS) is 21.7. The predicted molar refractivity (Wildman–Crippen MR) is 158 cm³/mol. The number of alkyl halides is 1. The number of aliphatic hydroxyl groups is 1. The molecule has 0 amide bonds. The van der Waals surface area contributed by atoms with E-state index in [1.54, 1.807) is 42.0 Å². The summed E-state index contributed by atoms with van der Waals surface area (Å²) in [7, 11) is 0. The minimum Gasteiger partial charge on any atom is -0.478 e. The van der Waals surface area contributed by atoms with Gasteiger partial charge in [-0.1, -0.05) is 57.0 Å². The lowest BCUT2D eigenvalue weighted by Crippen LogP contribution is -2.44. The van der Waals surface area contributed by atoms with Crippen LogP contribution in [0.3, 0.4) is 0 Å². The van der Waals surface area contributed by atoms with Gasteiger partial charge in [0.25, 0.3) is 0 Å². The van der Waals surface area contributed by atoms with Crippen molar-refractivity contribution in [2.24, 2.45) is 5.92 Å². The molecule has 0 saturated carbocycles. The maximum absolute atomic E-state index is 13.6. The molecule has 0 bridgehead atoms. The molecule has 2 unspecified atom stereocenters. The van der Waals surface area contributed by atoms with Crippen LogP contribution in [0, 0.1) is 18.7 Å². The molecule has 1 heterocycles. The molecule has 0 fully saturated rings. The minimum atomic E-state index is -0.966. The molecule has 2 aromatic rings. The highest BCUT2D eigenvalue weighted by Gasteiger charge is 2.26. The van der Waals surface area contributed by atoms with Gasteiger partial charge in [0, 0.05) is 29.1 Å². The summed E-state index contributed by atoms with van der Waals surface area (Å²) < 4.78 is 28.4. The van der Waals surface area contributed by atoms with Crippen LogP contribution < -0.4 is 10.6 Å². The number of carbonyl (C=O) groups is 1. The number of nitrogens with one attached hydrogen (secondary N) is 2. The smallest absolute Gasteiger partial charge is 0.331 e. The second kappa shape index (κ2) is 14.4. The third-order valence-corrected chi connectivity index (χ3v) is 7.14. The monoisotopic (exact) mass is 564 g/mol. The van der Waals surface area contributed by atoms with Gasteiger partial charge in [0.2, 0.25) is 0 Å². The number of carboxylic acids is 1. The number of rotatable bonds is 11. The number of hydrogen-bond donors (Lipinski definition) is 4. The first-order valence-corrected chi connectivity index (χ1v) is 13.4. The first kappa shape index (κ1) is 31.3. The molecule has 1 aromatic heterocycles. The molecule has 0 spiro atoms. The van der Waals surface area contributed by atoms with Crippen molar-refractivity contribution in [2.45, 2.75) is 58.5 Å². The van der Waals surface area contributed by atoms with Gasteiger partial charge in [0.1, 0.15) is 12.5 Å². The second-order valence-corrected chi connectivity index (χ2v) is 10.1. The van der Waals surface area contributed by atoms with E-state index in [2.05, 4.69) is 35.5 Å². The number of hydrogen-bond acceptors (Lipinski definition) is 5. The molecule has 41 heavy (non-hydrogen) atoms. The third kappa shape index (κ3) is 8.38. The van der Waals surface area contributed by atoms with Gasteiger partial charge in [-0.3, -0.25) is 0 Å². The average molecular weight is 565 g/mol. The Morgan fingerprint density at radius 3 is 2.56 bits per heavy atom. The zero-order chi connectivity index (χ0) is 30.1. The van der Waals surface area contributed by atoms with Gasteiger partial charge in [0.15, 0.2) is 0 Å². The summed E-state index contributed by atoms with van der Waals surface area (Å²) in [5.74, 6) is -1.46. The maximum Gasteiger partial charge on any atom is 0.331 e. The first-order chi connectivity index (χ1) is 19.5. The highest BCUT2D eigenvalue weighted by atomic mass is 19.1. The Labute approximate surface area is 240 Å². The molecule has 9 heteroatoms.